The molecule has 3 heterocycles. The lowest BCUT2D eigenvalue weighted by Gasteiger charge is -2.09. The van der Waals surface area contributed by atoms with Crippen molar-refractivity contribution in [3.63, 3.8) is 0 Å². The Hall–Kier alpha value is -3.88. The Labute approximate surface area is 172 Å². The summed E-state index contributed by atoms with van der Waals surface area (Å²) in [5.41, 5.74) is 2.94. The maximum Gasteiger partial charge on any atom is 0.255 e. The molecule has 30 heavy (non-hydrogen) atoms. The summed E-state index contributed by atoms with van der Waals surface area (Å²) in [5.74, 6) is 2.19. The first-order valence-corrected chi connectivity index (χ1v) is 9.96. The van der Waals surface area contributed by atoms with E-state index in [0.717, 1.165) is 48.6 Å². The van der Waals surface area contributed by atoms with E-state index in [2.05, 4.69) is 40.7 Å². The molecule has 2 aromatic heterocycles. The molecule has 5 rings (SSSR count). The average Bonchev–Trinajstić information content (AvgIpc) is 3.40. The first-order valence-electron chi connectivity index (χ1n) is 9.96. The summed E-state index contributed by atoms with van der Waals surface area (Å²) in [6, 6.07) is 14.8. The maximum absolute atomic E-state index is 12.7. The highest BCUT2D eigenvalue weighted by Gasteiger charge is 2.16. The number of aromatic amines is 1. The van der Waals surface area contributed by atoms with Gasteiger partial charge in [-0.25, -0.2) is 0 Å². The van der Waals surface area contributed by atoms with Gasteiger partial charge in [-0.3, -0.25) is 4.79 Å². The topological polar surface area (TPSA) is 114 Å². The van der Waals surface area contributed by atoms with Gasteiger partial charge < -0.3 is 9.88 Å². The second-order valence-electron chi connectivity index (χ2n) is 7.25. The van der Waals surface area contributed by atoms with Crippen LogP contribution in [-0.2, 0) is 13.0 Å². The lowest BCUT2D eigenvalue weighted by Crippen LogP contribution is -2.12. The molecule has 1 aliphatic heterocycles. The molecule has 0 unspecified atom stereocenters. The number of amides is 1. The van der Waals surface area contributed by atoms with Crippen molar-refractivity contribution in [2.75, 3.05) is 5.32 Å². The molecule has 0 atom stereocenters. The maximum atomic E-state index is 12.7. The molecule has 0 saturated heterocycles. The Bertz CT molecular complexity index is 1160. The Morgan fingerprint density at radius 3 is 2.70 bits per heavy atom. The molecule has 0 saturated carbocycles. The lowest BCUT2D eigenvalue weighted by molar-refractivity contribution is 0.102. The fourth-order valence-electron chi connectivity index (χ4n) is 3.69. The number of benzene rings is 2. The van der Waals surface area contributed by atoms with Crippen molar-refractivity contribution in [2.45, 2.75) is 32.2 Å². The summed E-state index contributed by atoms with van der Waals surface area (Å²) in [5, 5.41) is 25.5. The van der Waals surface area contributed by atoms with Crippen molar-refractivity contribution in [3.8, 4) is 22.8 Å². The highest BCUT2D eigenvalue weighted by molar-refractivity contribution is 6.04. The number of hydrogen-bond donors (Lipinski definition) is 2. The van der Waals surface area contributed by atoms with Gasteiger partial charge in [-0.2, -0.15) is 5.21 Å². The van der Waals surface area contributed by atoms with Crippen LogP contribution in [0, 0.1) is 0 Å². The monoisotopic (exact) mass is 400 g/mol. The molecular weight excluding hydrogens is 380 g/mol. The van der Waals surface area contributed by atoms with E-state index < -0.39 is 0 Å². The van der Waals surface area contributed by atoms with Crippen LogP contribution < -0.4 is 5.32 Å². The highest BCUT2D eigenvalue weighted by atomic mass is 16.1. The first-order chi connectivity index (χ1) is 14.8. The smallest absolute Gasteiger partial charge is 0.255 e. The zero-order valence-corrected chi connectivity index (χ0v) is 16.2. The predicted molar refractivity (Wildman–Crippen MR) is 111 cm³/mol. The number of nitrogens with zero attached hydrogens (tertiary/aromatic N) is 6. The molecule has 0 spiro atoms. The number of aromatic nitrogens is 7. The fourth-order valence-corrected chi connectivity index (χ4v) is 3.69. The fraction of sp³-hybridized carbons (Fsp3) is 0.238. The van der Waals surface area contributed by atoms with Gasteiger partial charge in [0.2, 0.25) is 5.82 Å². The molecule has 150 valence electrons. The molecule has 1 aliphatic rings. The summed E-state index contributed by atoms with van der Waals surface area (Å²) >= 11 is 0. The van der Waals surface area contributed by atoms with E-state index >= 15 is 0 Å². The van der Waals surface area contributed by atoms with Crippen molar-refractivity contribution in [1.82, 2.24) is 35.4 Å². The van der Waals surface area contributed by atoms with Gasteiger partial charge in [-0.05, 0) is 54.5 Å². The van der Waals surface area contributed by atoms with Gasteiger partial charge in [0.1, 0.15) is 5.82 Å². The second kappa shape index (κ2) is 7.86. The Kier molecular flexibility index (Phi) is 4.76. The van der Waals surface area contributed by atoms with E-state index in [-0.39, 0.29) is 5.91 Å². The minimum atomic E-state index is -0.204. The van der Waals surface area contributed by atoms with Crippen LogP contribution in [0.25, 0.3) is 22.8 Å². The van der Waals surface area contributed by atoms with Gasteiger partial charge in [0.15, 0.2) is 5.82 Å². The standard InChI is InChI=1S/C21H20N8O/c30-21(16-6-4-5-15(13-16)19-24-27-28-25-19)22-17-10-8-14(9-11-17)20-26-23-18-7-2-1-3-12-29(18)20/h4-6,8-11,13H,1-3,7,12H2,(H,22,30)(H,24,25,27,28). The molecule has 0 aliphatic carbocycles. The third-order valence-electron chi connectivity index (χ3n) is 5.24. The summed E-state index contributed by atoms with van der Waals surface area (Å²) in [7, 11) is 0. The molecule has 9 heteroatoms. The summed E-state index contributed by atoms with van der Waals surface area (Å²) in [6.45, 7) is 0.951. The van der Waals surface area contributed by atoms with Gasteiger partial charge >= 0.3 is 0 Å². The van der Waals surface area contributed by atoms with Crippen LogP contribution in [0.2, 0.25) is 0 Å². The van der Waals surface area contributed by atoms with Crippen LogP contribution in [0.3, 0.4) is 0 Å². The normalized spacial score (nSPS) is 13.5. The van der Waals surface area contributed by atoms with Crippen molar-refractivity contribution < 1.29 is 4.79 Å². The molecule has 9 nitrogen and oxygen atoms in total. The highest BCUT2D eigenvalue weighted by Crippen LogP contribution is 2.24. The Morgan fingerprint density at radius 2 is 1.87 bits per heavy atom. The van der Waals surface area contributed by atoms with Crippen LogP contribution in [-0.4, -0.2) is 41.3 Å². The van der Waals surface area contributed by atoms with Crippen LogP contribution in [0.4, 0.5) is 5.69 Å². The van der Waals surface area contributed by atoms with Crippen molar-refractivity contribution in [3.05, 3.63) is 59.9 Å². The van der Waals surface area contributed by atoms with E-state index in [1.54, 1.807) is 18.2 Å². The summed E-state index contributed by atoms with van der Waals surface area (Å²) in [4.78, 5) is 12.7. The number of rotatable bonds is 4. The summed E-state index contributed by atoms with van der Waals surface area (Å²) < 4.78 is 2.21. The van der Waals surface area contributed by atoms with Crippen LogP contribution in [0.15, 0.2) is 48.5 Å². The number of H-pyrrole nitrogens is 1. The van der Waals surface area contributed by atoms with Crippen LogP contribution in [0.1, 0.15) is 35.4 Å². The third kappa shape index (κ3) is 3.57. The number of fused-ring (bicyclic) bond motifs is 1. The summed E-state index contributed by atoms with van der Waals surface area (Å²) in [6.07, 6.45) is 4.51. The number of nitrogens with one attached hydrogen (secondary N) is 2. The SMILES string of the molecule is O=C(Nc1ccc(-c2nnc3n2CCCCC3)cc1)c1cccc(-c2nn[nH]n2)c1. The molecule has 0 radical (unpaired) electrons. The molecule has 2 N–H and O–H groups in total. The molecule has 0 fully saturated rings. The van der Waals surface area contributed by atoms with E-state index in [9.17, 15) is 4.79 Å². The van der Waals surface area contributed by atoms with Gasteiger partial charge in [0.05, 0.1) is 0 Å². The molecule has 4 aromatic rings. The molecule has 2 aromatic carbocycles. The van der Waals surface area contributed by atoms with Crippen molar-refractivity contribution in [1.29, 1.82) is 0 Å². The number of aryl methyl sites for hydroxylation is 1. The quantitative estimate of drug-likeness (QED) is 0.544. The average molecular weight is 400 g/mol. The van der Waals surface area contributed by atoms with Crippen LogP contribution >= 0.6 is 0 Å². The number of hydrogen-bond acceptors (Lipinski definition) is 6. The number of carbonyl (C=O) groups is 1. The first kappa shape index (κ1) is 18.2. The lowest BCUT2D eigenvalue weighted by atomic mass is 10.1. The number of tetrazole rings is 1. The van der Waals surface area contributed by atoms with E-state index in [0.29, 0.717) is 17.1 Å². The van der Waals surface area contributed by atoms with Crippen LogP contribution in [0.5, 0.6) is 0 Å². The van der Waals surface area contributed by atoms with Crippen molar-refractivity contribution >= 4 is 11.6 Å². The van der Waals surface area contributed by atoms with Gasteiger partial charge in [0, 0.05) is 35.3 Å². The molecule has 1 amide bonds. The van der Waals surface area contributed by atoms with E-state index in [4.69, 9.17) is 0 Å². The van der Waals surface area contributed by atoms with E-state index in [1.165, 1.54) is 6.42 Å². The zero-order chi connectivity index (χ0) is 20.3. The predicted octanol–water partition coefficient (Wildman–Crippen LogP) is 3.10. The molecule has 0 bridgehead atoms. The minimum absolute atomic E-state index is 0.204. The second-order valence-corrected chi connectivity index (χ2v) is 7.25. The van der Waals surface area contributed by atoms with E-state index in [1.807, 2.05) is 30.3 Å². The Morgan fingerprint density at radius 1 is 0.967 bits per heavy atom. The van der Waals surface area contributed by atoms with Gasteiger partial charge in [-0.15, -0.1) is 20.4 Å². The number of anilines is 1. The molecular formula is C21H20N8O. The number of carbonyl (C=O) groups excluding carboxylic acids is 1. The van der Waals surface area contributed by atoms with Gasteiger partial charge in [-0.1, -0.05) is 18.6 Å². The van der Waals surface area contributed by atoms with Crippen molar-refractivity contribution in [2.24, 2.45) is 0 Å². The minimum Gasteiger partial charge on any atom is -0.322 e. The largest absolute Gasteiger partial charge is 0.322 e. The van der Waals surface area contributed by atoms with Gasteiger partial charge in [0.25, 0.3) is 5.91 Å². The third-order valence-corrected chi connectivity index (χ3v) is 5.24. The zero-order valence-electron chi connectivity index (χ0n) is 16.2. The Balaban J connectivity index is 1.33.